The van der Waals surface area contributed by atoms with Crippen molar-refractivity contribution in [1.82, 2.24) is 0 Å². The van der Waals surface area contributed by atoms with E-state index >= 15 is 0 Å². The van der Waals surface area contributed by atoms with Gasteiger partial charge in [0.25, 0.3) is 0 Å². The molecule has 0 aromatic rings. The van der Waals surface area contributed by atoms with Crippen LogP contribution in [0.5, 0.6) is 0 Å². The molecule has 1 unspecified atom stereocenters. The van der Waals surface area contributed by atoms with E-state index < -0.39 is 5.41 Å². The molecular weight excluding hydrogens is 200 g/mol. The normalized spacial score (nSPS) is 13.1. The summed E-state index contributed by atoms with van der Waals surface area (Å²) in [5.74, 6) is -0.118. The Morgan fingerprint density at radius 1 is 1.12 bits per heavy atom. The highest BCUT2D eigenvalue weighted by atomic mass is 16.1. The smallest absolute Gasteiger partial charge is 0.163 e. The van der Waals surface area contributed by atoms with Crippen molar-refractivity contribution < 1.29 is 9.59 Å². The van der Waals surface area contributed by atoms with Crippen molar-refractivity contribution in [3.8, 4) is 0 Å². The Balaban J connectivity index is 4.72. The molecule has 90 valence electrons. The average Bonchev–Trinajstić information content (AvgIpc) is 2.14. The van der Waals surface area contributed by atoms with Gasteiger partial charge in [-0.1, -0.05) is 33.9 Å². The number of Topliss-reactive ketones (excluding diaryl/α,β-unsaturated/α-hetero) is 2. The molecule has 0 aromatic heterocycles. The van der Waals surface area contributed by atoms with Crippen LogP contribution in [-0.2, 0) is 9.59 Å². The summed E-state index contributed by atoms with van der Waals surface area (Å²) in [6.45, 7) is 16.2. The molecule has 0 N–H and O–H groups in total. The minimum absolute atomic E-state index is 0.0221. The topological polar surface area (TPSA) is 34.1 Å². The van der Waals surface area contributed by atoms with Gasteiger partial charge in [-0.15, -0.1) is 0 Å². The Kier molecular flexibility index (Phi) is 4.85. The molecule has 2 heteroatoms. The second-order valence-electron chi connectivity index (χ2n) is 5.24. The molecule has 0 aliphatic heterocycles. The van der Waals surface area contributed by atoms with Gasteiger partial charge in [-0.3, -0.25) is 9.59 Å². The number of carbonyl (C=O) groups excluding carboxylic acids is 2. The summed E-state index contributed by atoms with van der Waals surface area (Å²) in [5.41, 5.74) is 0.558. The largest absolute Gasteiger partial charge is 0.294 e. The van der Waals surface area contributed by atoms with Crippen molar-refractivity contribution in [1.29, 1.82) is 0 Å². The van der Waals surface area contributed by atoms with E-state index in [2.05, 4.69) is 13.2 Å². The first kappa shape index (κ1) is 14.8. The van der Waals surface area contributed by atoms with E-state index in [1.165, 1.54) is 0 Å². The van der Waals surface area contributed by atoms with Gasteiger partial charge in [0.15, 0.2) is 11.6 Å². The van der Waals surface area contributed by atoms with Crippen LogP contribution in [0, 0.1) is 11.3 Å². The summed E-state index contributed by atoms with van der Waals surface area (Å²) < 4.78 is 0. The van der Waals surface area contributed by atoms with E-state index in [-0.39, 0.29) is 17.5 Å². The number of allylic oxidation sites excluding steroid dienone is 2. The molecule has 0 spiro atoms. The van der Waals surface area contributed by atoms with E-state index in [0.717, 1.165) is 0 Å². The van der Waals surface area contributed by atoms with Gasteiger partial charge in [-0.25, -0.2) is 0 Å². The lowest BCUT2D eigenvalue weighted by Gasteiger charge is -2.26. The van der Waals surface area contributed by atoms with Crippen molar-refractivity contribution >= 4 is 11.6 Å². The molecular formula is C14H22O2. The van der Waals surface area contributed by atoms with Crippen LogP contribution >= 0.6 is 0 Å². The molecule has 0 aliphatic rings. The Morgan fingerprint density at radius 2 is 1.56 bits per heavy atom. The maximum Gasteiger partial charge on any atom is 0.163 e. The average molecular weight is 222 g/mol. The van der Waals surface area contributed by atoms with E-state index in [0.29, 0.717) is 17.6 Å². The van der Waals surface area contributed by atoms with Crippen LogP contribution in [0.4, 0.5) is 0 Å². The molecule has 0 fully saturated rings. The van der Waals surface area contributed by atoms with Gasteiger partial charge in [-0.05, 0) is 31.4 Å². The molecule has 0 saturated carbocycles. The fourth-order valence-corrected chi connectivity index (χ4v) is 1.95. The highest BCUT2D eigenvalue weighted by Crippen LogP contribution is 2.30. The molecule has 2 nitrogen and oxygen atoms in total. The van der Waals surface area contributed by atoms with Crippen molar-refractivity contribution in [2.24, 2.45) is 11.3 Å². The van der Waals surface area contributed by atoms with Crippen molar-refractivity contribution in [3.05, 3.63) is 24.3 Å². The number of carbonyl (C=O) groups is 2. The van der Waals surface area contributed by atoms with Crippen molar-refractivity contribution in [2.45, 2.75) is 41.0 Å². The first-order chi connectivity index (χ1) is 7.09. The summed E-state index contributed by atoms with van der Waals surface area (Å²) in [4.78, 5) is 23.5. The predicted molar refractivity (Wildman–Crippen MR) is 67.2 cm³/mol. The molecule has 16 heavy (non-hydrogen) atoms. The summed E-state index contributed by atoms with van der Waals surface area (Å²) in [5, 5.41) is 0. The van der Waals surface area contributed by atoms with Crippen LogP contribution in [0.25, 0.3) is 0 Å². The summed E-state index contributed by atoms with van der Waals surface area (Å²) in [6, 6.07) is 0. The van der Waals surface area contributed by atoms with Crippen LogP contribution in [-0.4, -0.2) is 11.6 Å². The standard InChI is InChI=1S/C14H22O2/c1-9(2)12(15)11(5)8-14(6,7)13(16)10(3)4/h11H,1,3,8H2,2,4-7H3. The molecule has 0 radical (unpaired) electrons. The van der Waals surface area contributed by atoms with E-state index in [1.54, 1.807) is 13.8 Å². The second-order valence-corrected chi connectivity index (χ2v) is 5.24. The van der Waals surface area contributed by atoms with Crippen LogP contribution in [0.3, 0.4) is 0 Å². The third-order valence-corrected chi connectivity index (χ3v) is 2.69. The Hall–Kier alpha value is -1.18. The first-order valence-corrected chi connectivity index (χ1v) is 5.49. The van der Waals surface area contributed by atoms with Gasteiger partial charge in [0.05, 0.1) is 0 Å². The van der Waals surface area contributed by atoms with Crippen molar-refractivity contribution in [3.63, 3.8) is 0 Å². The lowest BCUT2D eigenvalue weighted by Crippen LogP contribution is -2.29. The zero-order valence-corrected chi connectivity index (χ0v) is 11.0. The molecule has 0 saturated heterocycles. The SMILES string of the molecule is C=C(C)C(=O)C(C)CC(C)(C)C(=O)C(=C)C. The zero-order chi connectivity index (χ0) is 13.1. The lowest BCUT2D eigenvalue weighted by atomic mass is 9.76. The fraction of sp³-hybridized carbons (Fsp3) is 0.571. The molecule has 0 amide bonds. The van der Waals surface area contributed by atoms with Crippen LogP contribution < -0.4 is 0 Å². The van der Waals surface area contributed by atoms with E-state index in [9.17, 15) is 9.59 Å². The van der Waals surface area contributed by atoms with Gasteiger partial charge in [0, 0.05) is 11.3 Å². The molecule has 1 atom stereocenters. The molecule has 0 heterocycles. The van der Waals surface area contributed by atoms with Crippen LogP contribution in [0.1, 0.15) is 41.0 Å². The second kappa shape index (κ2) is 5.24. The Labute approximate surface area is 98.4 Å². The van der Waals surface area contributed by atoms with E-state index in [1.807, 2.05) is 20.8 Å². The third-order valence-electron chi connectivity index (χ3n) is 2.69. The van der Waals surface area contributed by atoms with Crippen LogP contribution in [0.2, 0.25) is 0 Å². The monoisotopic (exact) mass is 222 g/mol. The fourth-order valence-electron chi connectivity index (χ4n) is 1.95. The van der Waals surface area contributed by atoms with Gasteiger partial charge in [0.2, 0.25) is 0 Å². The molecule has 0 rings (SSSR count). The maximum absolute atomic E-state index is 11.9. The first-order valence-electron chi connectivity index (χ1n) is 5.49. The lowest BCUT2D eigenvalue weighted by molar-refractivity contribution is -0.125. The number of ketones is 2. The third kappa shape index (κ3) is 3.76. The van der Waals surface area contributed by atoms with E-state index in [4.69, 9.17) is 0 Å². The van der Waals surface area contributed by atoms with Gasteiger partial charge >= 0.3 is 0 Å². The summed E-state index contributed by atoms with van der Waals surface area (Å²) in [6.07, 6.45) is 0.532. The minimum atomic E-state index is -0.531. The maximum atomic E-state index is 11.9. The number of rotatable bonds is 6. The highest BCUT2D eigenvalue weighted by molar-refractivity contribution is 6.00. The van der Waals surface area contributed by atoms with Crippen LogP contribution in [0.15, 0.2) is 24.3 Å². The highest BCUT2D eigenvalue weighted by Gasteiger charge is 2.31. The van der Waals surface area contributed by atoms with Gasteiger partial charge < -0.3 is 0 Å². The summed E-state index contributed by atoms with van der Waals surface area (Å²) >= 11 is 0. The molecule has 0 bridgehead atoms. The molecule has 0 aliphatic carbocycles. The predicted octanol–water partition coefficient (Wildman–Crippen LogP) is 3.33. The van der Waals surface area contributed by atoms with Gasteiger partial charge in [-0.2, -0.15) is 0 Å². The molecule has 0 aromatic carbocycles. The Bertz CT molecular complexity index is 335. The number of hydrogen-bond donors (Lipinski definition) is 0. The van der Waals surface area contributed by atoms with Gasteiger partial charge in [0.1, 0.15) is 0 Å². The summed E-state index contributed by atoms with van der Waals surface area (Å²) in [7, 11) is 0. The Morgan fingerprint density at radius 3 is 1.88 bits per heavy atom. The quantitative estimate of drug-likeness (QED) is 0.646. The minimum Gasteiger partial charge on any atom is -0.294 e. The van der Waals surface area contributed by atoms with Crippen molar-refractivity contribution in [2.75, 3.05) is 0 Å². The zero-order valence-electron chi connectivity index (χ0n) is 11.0. The number of hydrogen-bond acceptors (Lipinski definition) is 2.